The molecule has 8 aromatic carbocycles. The van der Waals surface area contributed by atoms with Gasteiger partial charge in [-0.3, -0.25) is 0 Å². The van der Waals surface area contributed by atoms with Gasteiger partial charge in [-0.2, -0.15) is 0 Å². The largest absolute Gasteiger partial charge is 0.456 e. The number of rotatable bonds is 2. The lowest BCUT2D eigenvalue weighted by Gasteiger charge is -2.23. The monoisotopic (exact) mass is 636 g/mol. The van der Waals surface area contributed by atoms with E-state index in [1.54, 1.807) is 0 Å². The van der Waals surface area contributed by atoms with Crippen LogP contribution in [-0.2, 0) is 0 Å². The maximum absolute atomic E-state index is 6.37. The molecule has 0 bridgehead atoms. The molecule has 0 atom stereocenters. The molecule has 2 nitrogen and oxygen atoms in total. The first-order valence-electron chi connectivity index (χ1n) is 17.1. The van der Waals surface area contributed by atoms with Crippen LogP contribution in [0.2, 0.25) is 0 Å². The molecule has 0 spiro atoms. The van der Waals surface area contributed by atoms with Crippen LogP contribution in [0, 0.1) is 0 Å². The lowest BCUT2D eigenvalue weighted by molar-refractivity contribution is 0.668. The van der Waals surface area contributed by atoms with E-state index in [0.29, 0.717) is 0 Å². The zero-order chi connectivity index (χ0) is 32.8. The highest BCUT2D eigenvalue weighted by molar-refractivity contribution is 6.10. The molecule has 2 heteroatoms. The van der Waals surface area contributed by atoms with Crippen molar-refractivity contribution in [2.24, 2.45) is 0 Å². The second-order valence-corrected chi connectivity index (χ2v) is 13.2. The Morgan fingerprint density at radius 3 is 1.02 bits per heavy atom. The molecule has 0 amide bonds. The number of para-hydroxylation sites is 1. The third kappa shape index (κ3) is 4.03. The molecule has 0 aliphatic heterocycles. The number of hydrogen-bond donors (Lipinski definition) is 0. The molecule has 0 N–H and O–H groups in total. The standard InChI is InChI=1S/C48H28O2/c1-2-10-34-33(9-1)35-11-3-4-13-37(35)39-21-17-29(25-41(39)38-14-6-5-12-36(34)38)31-19-23-47-43(27-31)44-28-32(20-24-48(44)50-47)30-18-22-46-42(26-30)40-15-7-8-16-45(40)49-46/h1-28H. The normalized spacial score (nSPS) is 12.0. The van der Waals surface area contributed by atoms with Crippen molar-refractivity contribution in [2.75, 3.05) is 0 Å². The van der Waals surface area contributed by atoms with Gasteiger partial charge in [0.2, 0.25) is 0 Å². The van der Waals surface area contributed by atoms with Crippen LogP contribution in [0.1, 0.15) is 0 Å². The first kappa shape index (κ1) is 27.3. The summed E-state index contributed by atoms with van der Waals surface area (Å²) < 4.78 is 12.5. The Labute approximate surface area is 288 Å². The summed E-state index contributed by atoms with van der Waals surface area (Å²) in [7, 11) is 0. The molecule has 1 aliphatic rings. The lowest BCUT2D eigenvalue weighted by atomic mass is 9.80. The van der Waals surface area contributed by atoms with E-state index >= 15 is 0 Å². The molecule has 0 saturated carbocycles. The van der Waals surface area contributed by atoms with E-state index in [0.717, 1.165) is 60.6 Å². The third-order valence-electron chi connectivity index (χ3n) is 10.5. The molecule has 11 rings (SSSR count). The molecule has 2 heterocycles. The van der Waals surface area contributed by atoms with E-state index in [1.165, 1.54) is 50.1 Å². The molecule has 0 radical (unpaired) electrons. The molecule has 0 saturated heterocycles. The van der Waals surface area contributed by atoms with Gasteiger partial charge in [-0.05, 0) is 115 Å². The smallest absolute Gasteiger partial charge is 0.135 e. The van der Waals surface area contributed by atoms with Gasteiger partial charge in [0.05, 0.1) is 0 Å². The summed E-state index contributed by atoms with van der Waals surface area (Å²) in [6.07, 6.45) is 0. The minimum absolute atomic E-state index is 0.887. The van der Waals surface area contributed by atoms with Crippen molar-refractivity contribution >= 4 is 43.9 Å². The van der Waals surface area contributed by atoms with Gasteiger partial charge in [-0.1, -0.05) is 121 Å². The summed E-state index contributed by atoms with van der Waals surface area (Å²) in [5, 5.41) is 4.49. The fourth-order valence-electron chi connectivity index (χ4n) is 8.08. The third-order valence-corrected chi connectivity index (χ3v) is 10.5. The second-order valence-electron chi connectivity index (χ2n) is 13.2. The van der Waals surface area contributed by atoms with Gasteiger partial charge in [0, 0.05) is 21.5 Å². The number of furan rings is 2. The molecule has 2 aromatic heterocycles. The van der Waals surface area contributed by atoms with Gasteiger partial charge in [-0.15, -0.1) is 0 Å². The number of hydrogen-bond acceptors (Lipinski definition) is 2. The average Bonchev–Trinajstić information content (AvgIpc) is 3.74. The molecular formula is C48H28O2. The van der Waals surface area contributed by atoms with Crippen LogP contribution < -0.4 is 0 Å². The fourth-order valence-corrected chi connectivity index (χ4v) is 8.08. The summed E-state index contributed by atoms with van der Waals surface area (Å²) in [5.41, 5.74) is 18.2. The highest BCUT2D eigenvalue weighted by Crippen LogP contribution is 2.48. The van der Waals surface area contributed by atoms with E-state index in [1.807, 2.05) is 12.1 Å². The molecule has 0 unspecified atom stereocenters. The zero-order valence-electron chi connectivity index (χ0n) is 27.0. The van der Waals surface area contributed by atoms with Crippen LogP contribution in [0.5, 0.6) is 0 Å². The predicted octanol–water partition coefficient (Wildman–Crippen LogP) is 13.8. The van der Waals surface area contributed by atoms with E-state index in [4.69, 9.17) is 8.83 Å². The first-order chi connectivity index (χ1) is 24.8. The molecule has 10 aromatic rings. The fraction of sp³-hybridized carbons (Fsp3) is 0. The maximum atomic E-state index is 6.37. The topological polar surface area (TPSA) is 26.3 Å². The highest BCUT2D eigenvalue weighted by atomic mass is 16.3. The van der Waals surface area contributed by atoms with Crippen LogP contribution in [-0.4, -0.2) is 0 Å². The van der Waals surface area contributed by atoms with E-state index < -0.39 is 0 Å². The van der Waals surface area contributed by atoms with Gasteiger partial charge < -0.3 is 8.83 Å². The average molecular weight is 637 g/mol. The quantitative estimate of drug-likeness (QED) is 0.189. The summed E-state index contributed by atoms with van der Waals surface area (Å²) in [5.74, 6) is 0. The van der Waals surface area contributed by atoms with Crippen LogP contribution in [0.3, 0.4) is 0 Å². The Balaban J connectivity index is 1.07. The van der Waals surface area contributed by atoms with Crippen molar-refractivity contribution in [3.8, 4) is 66.8 Å². The van der Waals surface area contributed by atoms with Crippen molar-refractivity contribution in [1.82, 2.24) is 0 Å². The van der Waals surface area contributed by atoms with E-state index in [-0.39, 0.29) is 0 Å². The van der Waals surface area contributed by atoms with Crippen molar-refractivity contribution < 1.29 is 8.83 Å². The zero-order valence-corrected chi connectivity index (χ0v) is 27.0. The lowest BCUT2D eigenvalue weighted by Crippen LogP contribution is -1.97. The molecule has 0 fully saturated rings. The van der Waals surface area contributed by atoms with E-state index in [9.17, 15) is 0 Å². The van der Waals surface area contributed by atoms with Crippen molar-refractivity contribution in [2.45, 2.75) is 0 Å². The molecule has 232 valence electrons. The molecule has 1 aliphatic carbocycles. The minimum atomic E-state index is 0.887. The van der Waals surface area contributed by atoms with Gasteiger partial charge in [-0.25, -0.2) is 0 Å². The summed E-state index contributed by atoms with van der Waals surface area (Å²) in [4.78, 5) is 0. The molecule has 50 heavy (non-hydrogen) atoms. The first-order valence-corrected chi connectivity index (χ1v) is 17.1. The Bertz CT molecular complexity index is 2980. The number of benzene rings is 8. The van der Waals surface area contributed by atoms with Crippen molar-refractivity contribution in [3.05, 3.63) is 170 Å². The van der Waals surface area contributed by atoms with Crippen LogP contribution in [0.15, 0.2) is 179 Å². The van der Waals surface area contributed by atoms with Gasteiger partial charge in [0.25, 0.3) is 0 Å². The molecular weight excluding hydrogens is 609 g/mol. The highest BCUT2D eigenvalue weighted by Gasteiger charge is 2.22. The SMILES string of the molecule is c1ccc2c(c1)-c1ccccc1-c1ccc(-c3ccc4oc5ccc(-c6ccc7oc8ccccc8c7c6)cc5c4c3)cc1-c1ccccc1-2. The summed E-state index contributed by atoms with van der Waals surface area (Å²) in [6, 6.07) is 61.1. The Morgan fingerprint density at radius 1 is 0.220 bits per heavy atom. The predicted molar refractivity (Wildman–Crippen MR) is 207 cm³/mol. The van der Waals surface area contributed by atoms with Crippen LogP contribution in [0.25, 0.3) is 111 Å². The van der Waals surface area contributed by atoms with E-state index in [2.05, 4.69) is 158 Å². The van der Waals surface area contributed by atoms with Crippen molar-refractivity contribution in [1.29, 1.82) is 0 Å². The maximum Gasteiger partial charge on any atom is 0.135 e. The summed E-state index contributed by atoms with van der Waals surface area (Å²) >= 11 is 0. The van der Waals surface area contributed by atoms with Gasteiger partial charge >= 0.3 is 0 Å². The Kier molecular flexibility index (Phi) is 5.70. The summed E-state index contributed by atoms with van der Waals surface area (Å²) in [6.45, 7) is 0. The van der Waals surface area contributed by atoms with Crippen LogP contribution >= 0.6 is 0 Å². The number of fused-ring (bicyclic) bond motifs is 14. The van der Waals surface area contributed by atoms with Crippen molar-refractivity contribution in [3.63, 3.8) is 0 Å². The Hall–Kier alpha value is -6.64. The Morgan fingerprint density at radius 2 is 0.540 bits per heavy atom. The van der Waals surface area contributed by atoms with Gasteiger partial charge in [0.1, 0.15) is 22.3 Å². The minimum Gasteiger partial charge on any atom is -0.456 e. The van der Waals surface area contributed by atoms with Gasteiger partial charge in [0.15, 0.2) is 0 Å². The van der Waals surface area contributed by atoms with Crippen LogP contribution in [0.4, 0.5) is 0 Å². The second kappa shape index (κ2) is 10.4.